The van der Waals surface area contributed by atoms with Crippen LogP contribution in [0.3, 0.4) is 0 Å². The molecule has 1 aliphatic heterocycles. The van der Waals surface area contributed by atoms with E-state index in [2.05, 4.69) is 18.2 Å². The molecule has 2 aromatic rings. The van der Waals surface area contributed by atoms with Crippen molar-refractivity contribution < 1.29 is 14.2 Å². The molecular weight excluding hydrogens is 267 g/mol. The van der Waals surface area contributed by atoms with Crippen LogP contribution in [0.25, 0.3) is 0 Å². The molecule has 2 unspecified atom stereocenters. The van der Waals surface area contributed by atoms with Gasteiger partial charge in [0.15, 0.2) is 0 Å². The molecule has 108 valence electrons. The molecule has 1 saturated carbocycles. The number of ether oxygens (including phenoxy) is 1. The van der Waals surface area contributed by atoms with E-state index in [0.717, 1.165) is 5.56 Å². The molecular formula is C18H17FO2. The first-order valence-corrected chi connectivity index (χ1v) is 7.45. The van der Waals surface area contributed by atoms with Crippen molar-refractivity contribution in [2.75, 3.05) is 0 Å². The summed E-state index contributed by atoms with van der Waals surface area (Å²) in [6.45, 7) is 0. The third kappa shape index (κ3) is 2.32. The van der Waals surface area contributed by atoms with Gasteiger partial charge in [0.1, 0.15) is 17.7 Å². The van der Waals surface area contributed by atoms with Crippen molar-refractivity contribution in [3.05, 3.63) is 65.0 Å². The van der Waals surface area contributed by atoms with Crippen molar-refractivity contribution in [2.45, 2.75) is 37.4 Å². The molecule has 1 fully saturated rings. The van der Waals surface area contributed by atoms with Crippen LogP contribution in [0.4, 0.5) is 4.39 Å². The van der Waals surface area contributed by atoms with Gasteiger partial charge in [-0.1, -0.05) is 24.3 Å². The van der Waals surface area contributed by atoms with Gasteiger partial charge in [0.2, 0.25) is 0 Å². The molecule has 0 amide bonds. The zero-order valence-corrected chi connectivity index (χ0v) is 11.6. The van der Waals surface area contributed by atoms with Crippen molar-refractivity contribution in [3.63, 3.8) is 0 Å². The van der Waals surface area contributed by atoms with E-state index >= 15 is 0 Å². The largest absolute Gasteiger partial charge is 0.485 e. The molecule has 2 nitrogen and oxygen atoms in total. The summed E-state index contributed by atoms with van der Waals surface area (Å²) >= 11 is 0. The Kier molecular flexibility index (Phi) is 2.96. The minimum atomic E-state index is -0.679. The van der Waals surface area contributed by atoms with E-state index in [4.69, 9.17) is 4.74 Å². The Morgan fingerprint density at radius 3 is 2.52 bits per heavy atom. The summed E-state index contributed by atoms with van der Waals surface area (Å²) in [6.07, 6.45) is 2.10. The Hall–Kier alpha value is -1.87. The maximum Gasteiger partial charge on any atom is 0.127 e. The smallest absolute Gasteiger partial charge is 0.127 e. The van der Waals surface area contributed by atoms with Gasteiger partial charge in [-0.05, 0) is 48.1 Å². The third-order valence-electron chi connectivity index (χ3n) is 4.40. The van der Waals surface area contributed by atoms with E-state index < -0.39 is 6.10 Å². The Morgan fingerprint density at radius 1 is 1.00 bits per heavy atom. The molecule has 0 spiro atoms. The van der Waals surface area contributed by atoms with Gasteiger partial charge in [-0.2, -0.15) is 0 Å². The maximum absolute atomic E-state index is 13.3. The average Bonchev–Trinajstić information content (AvgIpc) is 3.32. The molecule has 4 rings (SSSR count). The molecule has 1 aliphatic carbocycles. The van der Waals surface area contributed by atoms with Crippen LogP contribution in [-0.4, -0.2) is 5.11 Å². The standard InChI is InChI=1S/C18H17FO2/c19-12-7-8-17-15(9-12)16(20)10-18(21-17)14-4-2-1-3-13(14)11-5-6-11/h1-4,7-9,11,16,18,20H,5-6,10H2. The zero-order valence-electron chi connectivity index (χ0n) is 11.6. The van der Waals surface area contributed by atoms with E-state index in [1.807, 2.05) is 6.07 Å². The van der Waals surface area contributed by atoms with Crippen LogP contribution in [-0.2, 0) is 0 Å². The summed E-state index contributed by atoms with van der Waals surface area (Å²) in [4.78, 5) is 0. The van der Waals surface area contributed by atoms with Gasteiger partial charge in [-0.25, -0.2) is 4.39 Å². The quantitative estimate of drug-likeness (QED) is 0.892. The highest BCUT2D eigenvalue weighted by molar-refractivity contribution is 5.41. The molecule has 0 radical (unpaired) electrons. The fraction of sp³-hybridized carbons (Fsp3) is 0.333. The number of benzene rings is 2. The van der Waals surface area contributed by atoms with Crippen LogP contribution in [0.5, 0.6) is 5.75 Å². The molecule has 21 heavy (non-hydrogen) atoms. The van der Waals surface area contributed by atoms with Crippen LogP contribution >= 0.6 is 0 Å². The van der Waals surface area contributed by atoms with Crippen LogP contribution in [0.1, 0.15) is 54.1 Å². The number of hydrogen-bond acceptors (Lipinski definition) is 2. The fourth-order valence-electron chi connectivity index (χ4n) is 3.18. The highest BCUT2D eigenvalue weighted by Crippen LogP contribution is 2.47. The summed E-state index contributed by atoms with van der Waals surface area (Å²) in [5.41, 5.74) is 3.05. The lowest BCUT2D eigenvalue weighted by Crippen LogP contribution is -2.20. The predicted molar refractivity (Wildman–Crippen MR) is 77.8 cm³/mol. The minimum absolute atomic E-state index is 0.158. The van der Waals surface area contributed by atoms with Crippen molar-refractivity contribution in [1.82, 2.24) is 0 Å². The van der Waals surface area contributed by atoms with Gasteiger partial charge in [-0.15, -0.1) is 0 Å². The molecule has 1 N–H and O–H groups in total. The number of aliphatic hydroxyl groups excluding tert-OH is 1. The normalized spacial score (nSPS) is 24.3. The number of hydrogen-bond donors (Lipinski definition) is 1. The molecule has 2 aromatic carbocycles. The van der Waals surface area contributed by atoms with E-state index in [1.165, 1.54) is 30.5 Å². The average molecular weight is 284 g/mol. The molecule has 2 atom stereocenters. The predicted octanol–water partition coefficient (Wildman–Crippen LogP) is 4.26. The van der Waals surface area contributed by atoms with Crippen LogP contribution in [0, 0.1) is 5.82 Å². The molecule has 0 bridgehead atoms. The highest BCUT2D eigenvalue weighted by Gasteiger charge is 2.33. The van der Waals surface area contributed by atoms with E-state index in [-0.39, 0.29) is 11.9 Å². The monoisotopic (exact) mass is 284 g/mol. The molecule has 1 heterocycles. The SMILES string of the molecule is OC1CC(c2ccccc2C2CC2)Oc2ccc(F)cc21. The van der Waals surface area contributed by atoms with Crippen LogP contribution in [0.2, 0.25) is 0 Å². The van der Waals surface area contributed by atoms with Gasteiger partial charge in [0.25, 0.3) is 0 Å². The molecule has 2 aliphatic rings. The lowest BCUT2D eigenvalue weighted by molar-refractivity contribution is 0.0649. The van der Waals surface area contributed by atoms with Crippen molar-refractivity contribution >= 4 is 0 Å². The maximum atomic E-state index is 13.3. The van der Waals surface area contributed by atoms with Gasteiger partial charge < -0.3 is 9.84 Å². The lowest BCUT2D eigenvalue weighted by Gasteiger charge is -2.31. The number of rotatable bonds is 2. The van der Waals surface area contributed by atoms with E-state index in [9.17, 15) is 9.50 Å². The van der Waals surface area contributed by atoms with Gasteiger partial charge in [0.05, 0.1) is 6.10 Å². The topological polar surface area (TPSA) is 29.5 Å². The summed E-state index contributed by atoms with van der Waals surface area (Å²) in [6, 6.07) is 12.7. The first-order valence-electron chi connectivity index (χ1n) is 7.45. The van der Waals surface area contributed by atoms with Gasteiger partial charge >= 0.3 is 0 Å². The first kappa shape index (κ1) is 12.8. The fourth-order valence-corrected chi connectivity index (χ4v) is 3.18. The van der Waals surface area contributed by atoms with E-state index in [0.29, 0.717) is 23.7 Å². The number of fused-ring (bicyclic) bond motifs is 1. The van der Waals surface area contributed by atoms with Crippen LogP contribution in [0.15, 0.2) is 42.5 Å². The van der Waals surface area contributed by atoms with Crippen molar-refractivity contribution in [3.8, 4) is 5.75 Å². The Labute approximate surface area is 123 Å². The van der Waals surface area contributed by atoms with Gasteiger partial charge in [-0.3, -0.25) is 0 Å². The first-order chi connectivity index (χ1) is 10.2. The second kappa shape index (κ2) is 4.85. The lowest BCUT2D eigenvalue weighted by atomic mass is 9.91. The Bertz CT molecular complexity index is 679. The summed E-state index contributed by atoms with van der Waals surface area (Å²) in [7, 11) is 0. The summed E-state index contributed by atoms with van der Waals surface area (Å²) < 4.78 is 19.3. The highest BCUT2D eigenvalue weighted by atomic mass is 19.1. The van der Waals surface area contributed by atoms with Crippen LogP contribution < -0.4 is 4.74 Å². The van der Waals surface area contributed by atoms with Crippen molar-refractivity contribution in [1.29, 1.82) is 0 Å². The number of halogens is 1. The Balaban J connectivity index is 1.71. The molecule has 3 heteroatoms. The number of aliphatic hydroxyl groups is 1. The van der Waals surface area contributed by atoms with Crippen molar-refractivity contribution in [2.24, 2.45) is 0 Å². The second-order valence-electron chi connectivity index (χ2n) is 5.94. The minimum Gasteiger partial charge on any atom is -0.485 e. The summed E-state index contributed by atoms with van der Waals surface area (Å²) in [5.74, 6) is 0.885. The van der Waals surface area contributed by atoms with E-state index in [1.54, 1.807) is 6.07 Å². The molecule has 0 saturated heterocycles. The molecule has 0 aromatic heterocycles. The second-order valence-corrected chi connectivity index (χ2v) is 5.94. The third-order valence-corrected chi connectivity index (χ3v) is 4.40. The Morgan fingerprint density at radius 2 is 1.76 bits per heavy atom. The zero-order chi connectivity index (χ0) is 14.4. The van der Waals surface area contributed by atoms with Gasteiger partial charge in [0, 0.05) is 12.0 Å². The summed E-state index contributed by atoms with van der Waals surface area (Å²) in [5, 5.41) is 10.3.